The summed E-state index contributed by atoms with van der Waals surface area (Å²) in [6.07, 6.45) is 1.86. The van der Waals surface area contributed by atoms with E-state index in [4.69, 9.17) is 10.9 Å². The number of rotatable bonds is 5. The molecule has 1 atom stereocenters. The van der Waals surface area contributed by atoms with E-state index in [2.05, 4.69) is 15.0 Å². The standard InChI is InChI=1S/C9H16N4OS/c1-7(9(10)12-14)4-13(2)5-8-3-11-6-15-8/h3,6-7,14H,4-5H2,1-2H3,(H2,10,12). The molecule has 84 valence electrons. The highest BCUT2D eigenvalue weighted by molar-refractivity contribution is 7.09. The van der Waals surface area contributed by atoms with Crippen LogP contribution in [-0.4, -0.2) is 34.5 Å². The van der Waals surface area contributed by atoms with E-state index in [0.717, 1.165) is 13.1 Å². The summed E-state index contributed by atoms with van der Waals surface area (Å²) in [7, 11) is 2.00. The fourth-order valence-corrected chi connectivity index (χ4v) is 1.98. The Morgan fingerprint density at radius 2 is 2.53 bits per heavy atom. The van der Waals surface area contributed by atoms with Crippen LogP contribution < -0.4 is 5.73 Å². The van der Waals surface area contributed by atoms with Crippen molar-refractivity contribution in [3.63, 3.8) is 0 Å². The maximum Gasteiger partial charge on any atom is 0.143 e. The molecule has 0 saturated carbocycles. The van der Waals surface area contributed by atoms with Crippen LogP contribution in [0.2, 0.25) is 0 Å². The fraction of sp³-hybridized carbons (Fsp3) is 0.556. The van der Waals surface area contributed by atoms with Crippen molar-refractivity contribution in [1.82, 2.24) is 9.88 Å². The Hall–Kier alpha value is -1.14. The van der Waals surface area contributed by atoms with Crippen molar-refractivity contribution in [2.24, 2.45) is 16.8 Å². The summed E-state index contributed by atoms with van der Waals surface area (Å²) < 4.78 is 0. The van der Waals surface area contributed by atoms with Crippen molar-refractivity contribution < 1.29 is 5.21 Å². The highest BCUT2D eigenvalue weighted by Crippen LogP contribution is 2.09. The van der Waals surface area contributed by atoms with Gasteiger partial charge in [-0.2, -0.15) is 0 Å². The van der Waals surface area contributed by atoms with E-state index >= 15 is 0 Å². The molecule has 0 radical (unpaired) electrons. The molecule has 0 aliphatic heterocycles. The molecule has 3 N–H and O–H groups in total. The molecule has 1 rings (SSSR count). The van der Waals surface area contributed by atoms with E-state index in [1.54, 1.807) is 11.3 Å². The predicted molar refractivity (Wildman–Crippen MR) is 61.0 cm³/mol. The molecule has 1 aromatic rings. The minimum Gasteiger partial charge on any atom is -0.409 e. The van der Waals surface area contributed by atoms with Crippen molar-refractivity contribution in [3.8, 4) is 0 Å². The highest BCUT2D eigenvalue weighted by atomic mass is 32.1. The van der Waals surface area contributed by atoms with Crippen LogP contribution in [0.1, 0.15) is 11.8 Å². The lowest BCUT2D eigenvalue weighted by atomic mass is 10.1. The molecule has 0 aliphatic carbocycles. The number of hydrogen-bond donors (Lipinski definition) is 2. The number of amidine groups is 1. The van der Waals surface area contributed by atoms with Gasteiger partial charge >= 0.3 is 0 Å². The minimum absolute atomic E-state index is 0.0490. The Labute approximate surface area is 93.2 Å². The second-order valence-electron chi connectivity index (χ2n) is 3.59. The summed E-state index contributed by atoms with van der Waals surface area (Å²) >= 11 is 1.63. The largest absolute Gasteiger partial charge is 0.409 e. The average molecular weight is 228 g/mol. The summed E-state index contributed by atoms with van der Waals surface area (Å²) in [5.74, 6) is 0.319. The Balaban J connectivity index is 2.39. The van der Waals surface area contributed by atoms with Crippen LogP contribution in [0.25, 0.3) is 0 Å². The third kappa shape index (κ3) is 3.85. The van der Waals surface area contributed by atoms with Crippen molar-refractivity contribution in [2.45, 2.75) is 13.5 Å². The zero-order valence-corrected chi connectivity index (χ0v) is 9.74. The maximum absolute atomic E-state index is 8.51. The lowest BCUT2D eigenvalue weighted by molar-refractivity contribution is 0.292. The third-order valence-corrected chi connectivity index (χ3v) is 2.88. The zero-order valence-electron chi connectivity index (χ0n) is 8.92. The first-order valence-corrected chi connectivity index (χ1v) is 5.54. The molecule has 0 amide bonds. The molecule has 6 heteroatoms. The van der Waals surface area contributed by atoms with Crippen molar-refractivity contribution in [2.75, 3.05) is 13.6 Å². The molecular formula is C9H16N4OS. The summed E-state index contributed by atoms with van der Waals surface area (Å²) in [5, 5.41) is 11.5. The molecule has 1 unspecified atom stereocenters. The maximum atomic E-state index is 8.51. The molecule has 1 aromatic heterocycles. The van der Waals surface area contributed by atoms with Gasteiger partial charge in [0.1, 0.15) is 5.84 Å². The van der Waals surface area contributed by atoms with Crippen LogP contribution in [0.4, 0.5) is 0 Å². The normalized spacial score (nSPS) is 14.5. The number of oxime groups is 1. The van der Waals surface area contributed by atoms with E-state index in [1.807, 2.05) is 25.7 Å². The van der Waals surface area contributed by atoms with Gasteiger partial charge in [0.2, 0.25) is 0 Å². The molecule has 0 aromatic carbocycles. The first-order valence-electron chi connectivity index (χ1n) is 4.66. The van der Waals surface area contributed by atoms with Gasteiger partial charge in [0.05, 0.1) is 5.51 Å². The van der Waals surface area contributed by atoms with Crippen molar-refractivity contribution in [1.29, 1.82) is 0 Å². The van der Waals surface area contributed by atoms with Crippen LogP contribution in [-0.2, 0) is 6.54 Å². The monoisotopic (exact) mass is 228 g/mol. The van der Waals surface area contributed by atoms with Crippen LogP contribution >= 0.6 is 11.3 Å². The van der Waals surface area contributed by atoms with Crippen LogP contribution in [0.15, 0.2) is 16.9 Å². The number of nitrogens with two attached hydrogens (primary N) is 1. The van der Waals surface area contributed by atoms with Gasteiger partial charge < -0.3 is 15.8 Å². The molecule has 0 aliphatic rings. The van der Waals surface area contributed by atoms with Gasteiger partial charge in [0.25, 0.3) is 0 Å². The topological polar surface area (TPSA) is 74.7 Å². The molecule has 0 bridgehead atoms. The third-order valence-electron chi connectivity index (χ3n) is 2.12. The average Bonchev–Trinajstić information content (AvgIpc) is 2.68. The molecule has 0 fully saturated rings. The Morgan fingerprint density at radius 3 is 3.07 bits per heavy atom. The molecule has 15 heavy (non-hydrogen) atoms. The van der Waals surface area contributed by atoms with E-state index < -0.39 is 0 Å². The molecule has 1 heterocycles. The SMILES string of the molecule is CC(CN(C)Cc1cncs1)C(N)=NO. The second kappa shape index (κ2) is 5.67. The first kappa shape index (κ1) is 11.9. The Kier molecular flexibility index (Phi) is 4.51. The highest BCUT2D eigenvalue weighted by Gasteiger charge is 2.11. The van der Waals surface area contributed by atoms with Gasteiger partial charge in [-0.1, -0.05) is 12.1 Å². The van der Waals surface area contributed by atoms with Gasteiger partial charge in [-0.05, 0) is 7.05 Å². The van der Waals surface area contributed by atoms with E-state index in [1.165, 1.54) is 4.88 Å². The molecule has 0 spiro atoms. The predicted octanol–water partition coefficient (Wildman–Crippen LogP) is 0.957. The Bertz CT molecular complexity index is 312. The van der Waals surface area contributed by atoms with Crippen molar-refractivity contribution in [3.05, 3.63) is 16.6 Å². The Morgan fingerprint density at radius 1 is 1.80 bits per heavy atom. The molecular weight excluding hydrogens is 212 g/mol. The number of aromatic nitrogens is 1. The van der Waals surface area contributed by atoms with Gasteiger partial charge in [0.15, 0.2) is 0 Å². The number of hydrogen-bond acceptors (Lipinski definition) is 5. The van der Waals surface area contributed by atoms with Crippen LogP contribution in [0.3, 0.4) is 0 Å². The summed E-state index contributed by atoms with van der Waals surface area (Å²) in [6.45, 7) is 3.53. The lowest BCUT2D eigenvalue weighted by Gasteiger charge is -2.19. The van der Waals surface area contributed by atoms with E-state index in [-0.39, 0.29) is 11.8 Å². The summed E-state index contributed by atoms with van der Waals surface area (Å²) in [4.78, 5) is 7.34. The van der Waals surface area contributed by atoms with Gasteiger partial charge in [-0.15, -0.1) is 11.3 Å². The van der Waals surface area contributed by atoms with Gasteiger partial charge in [-0.25, -0.2) is 0 Å². The minimum atomic E-state index is 0.0490. The lowest BCUT2D eigenvalue weighted by Crippen LogP contribution is -2.32. The summed E-state index contributed by atoms with van der Waals surface area (Å²) in [5.41, 5.74) is 7.32. The quantitative estimate of drug-likeness (QED) is 0.341. The summed E-state index contributed by atoms with van der Waals surface area (Å²) in [6, 6.07) is 0. The van der Waals surface area contributed by atoms with Crippen LogP contribution in [0.5, 0.6) is 0 Å². The van der Waals surface area contributed by atoms with Gasteiger partial charge in [0, 0.05) is 30.1 Å². The second-order valence-corrected chi connectivity index (χ2v) is 4.56. The smallest absolute Gasteiger partial charge is 0.143 e. The number of nitrogens with zero attached hydrogens (tertiary/aromatic N) is 3. The number of thiazole rings is 1. The van der Waals surface area contributed by atoms with Crippen molar-refractivity contribution >= 4 is 17.2 Å². The van der Waals surface area contributed by atoms with Gasteiger partial charge in [-0.3, -0.25) is 4.98 Å². The van der Waals surface area contributed by atoms with E-state index in [0.29, 0.717) is 0 Å². The fourth-order valence-electron chi connectivity index (χ4n) is 1.31. The zero-order chi connectivity index (χ0) is 11.3. The molecule has 5 nitrogen and oxygen atoms in total. The van der Waals surface area contributed by atoms with Crippen LogP contribution in [0, 0.1) is 5.92 Å². The van der Waals surface area contributed by atoms with E-state index in [9.17, 15) is 0 Å². The first-order chi connectivity index (χ1) is 7.13. The molecule has 0 saturated heterocycles.